The molecule has 0 saturated carbocycles. The molecule has 5 nitrogen and oxygen atoms in total. The minimum Gasteiger partial charge on any atom is -0.444 e. The van der Waals surface area contributed by atoms with E-state index in [-0.39, 0.29) is 11.7 Å². The first-order valence-electron chi connectivity index (χ1n) is 8.27. The molecule has 24 heavy (non-hydrogen) atoms. The largest absolute Gasteiger partial charge is 0.444 e. The SMILES string of the molecule is CC(C)(C)OC(=O)N[C@H](Cc1ccc(F)cc1)C(=O)N1CCCC1. The van der Waals surface area contributed by atoms with Gasteiger partial charge in [-0.3, -0.25) is 4.79 Å². The number of nitrogens with one attached hydrogen (secondary N) is 1. The molecule has 2 amide bonds. The van der Waals surface area contributed by atoms with Gasteiger partial charge in [0.1, 0.15) is 17.5 Å². The zero-order valence-corrected chi connectivity index (χ0v) is 14.5. The molecule has 0 aliphatic carbocycles. The smallest absolute Gasteiger partial charge is 0.408 e. The van der Waals surface area contributed by atoms with Gasteiger partial charge < -0.3 is 15.0 Å². The first-order valence-corrected chi connectivity index (χ1v) is 8.27. The van der Waals surface area contributed by atoms with Crippen LogP contribution in [0.4, 0.5) is 9.18 Å². The summed E-state index contributed by atoms with van der Waals surface area (Å²) in [5.41, 5.74) is 0.145. The van der Waals surface area contributed by atoms with Crippen LogP contribution in [0, 0.1) is 5.82 Å². The molecule has 1 aromatic carbocycles. The Morgan fingerprint density at radius 1 is 1.21 bits per heavy atom. The average Bonchev–Trinajstić information content (AvgIpc) is 3.00. The second-order valence-electron chi connectivity index (χ2n) is 7.06. The first-order chi connectivity index (χ1) is 11.2. The van der Waals surface area contributed by atoms with Gasteiger partial charge in [0.2, 0.25) is 5.91 Å². The van der Waals surface area contributed by atoms with Gasteiger partial charge >= 0.3 is 6.09 Å². The van der Waals surface area contributed by atoms with Gasteiger partial charge in [-0.2, -0.15) is 0 Å². The van der Waals surface area contributed by atoms with Crippen LogP contribution in [0.25, 0.3) is 0 Å². The number of alkyl carbamates (subject to hydrolysis) is 1. The summed E-state index contributed by atoms with van der Waals surface area (Å²) >= 11 is 0. The maximum Gasteiger partial charge on any atom is 0.408 e. The van der Waals surface area contributed by atoms with Gasteiger partial charge in [-0.1, -0.05) is 12.1 Å². The van der Waals surface area contributed by atoms with Crippen molar-refractivity contribution in [2.75, 3.05) is 13.1 Å². The Hall–Kier alpha value is -2.11. The molecule has 1 atom stereocenters. The number of benzene rings is 1. The highest BCUT2D eigenvalue weighted by molar-refractivity contribution is 5.86. The van der Waals surface area contributed by atoms with Crippen molar-refractivity contribution < 1.29 is 18.7 Å². The number of ether oxygens (including phenoxy) is 1. The number of nitrogens with zero attached hydrogens (tertiary/aromatic N) is 1. The zero-order valence-electron chi connectivity index (χ0n) is 14.5. The molecule has 0 radical (unpaired) electrons. The Kier molecular flexibility index (Phi) is 5.80. The summed E-state index contributed by atoms with van der Waals surface area (Å²) in [6, 6.07) is 5.22. The summed E-state index contributed by atoms with van der Waals surface area (Å²) < 4.78 is 18.3. The number of carbonyl (C=O) groups excluding carboxylic acids is 2. The third kappa shape index (κ3) is 5.51. The number of rotatable bonds is 4. The first kappa shape index (κ1) is 18.2. The van der Waals surface area contributed by atoms with E-state index in [0.717, 1.165) is 18.4 Å². The summed E-state index contributed by atoms with van der Waals surface area (Å²) in [5.74, 6) is -0.455. The summed E-state index contributed by atoms with van der Waals surface area (Å²) in [7, 11) is 0. The molecule has 1 aliphatic heterocycles. The predicted molar refractivity (Wildman–Crippen MR) is 89.1 cm³/mol. The van der Waals surface area contributed by atoms with Crippen molar-refractivity contribution in [1.82, 2.24) is 10.2 Å². The molecule has 1 aliphatic rings. The minimum atomic E-state index is -0.719. The maximum atomic E-state index is 13.1. The molecular weight excluding hydrogens is 311 g/mol. The van der Waals surface area contributed by atoms with Crippen LogP contribution >= 0.6 is 0 Å². The summed E-state index contributed by atoms with van der Waals surface area (Å²) in [5, 5.41) is 2.67. The van der Waals surface area contributed by atoms with Crippen LogP contribution < -0.4 is 5.32 Å². The van der Waals surface area contributed by atoms with Crippen LogP contribution in [0.1, 0.15) is 39.2 Å². The maximum absolute atomic E-state index is 13.1. The quantitative estimate of drug-likeness (QED) is 0.920. The highest BCUT2D eigenvalue weighted by Crippen LogP contribution is 2.14. The van der Waals surface area contributed by atoms with Crippen LogP contribution in [0.5, 0.6) is 0 Å². The Labute approximate surface area is 142 Å². The van der Waals surface area contributed by atoms with Gasteiger partial charge in [0.05, 0.1) is 0 Å². The summed E-state index contributed by atoms with van der Waals surface area (Å²) in [4.78, 5) is 26.5. The van der Waals surface area contributed by atoms with Crippen molar-refractivity contribution in [3.05, 3.63) is 35.6 Å². The van der Waals surface area contributed by atoms with Gasteiger partial charge in [-0.25, -0.2) is 9.18 Å². The molecule has 1 saturated heterocycles. The lowest BCUT2D eigenvalue weighted by atomic mass is 10.0. The highest BCUT2D eigenvalue weighted by atomic mass is 19.1. The highest BCUT2D eigenvalue weighted by Gasteiger charge is 2.29. The normalized spacial score (nSPS) is 15.9. The number of amides is 2. The summed E-state index contributed by atoms with van der Waals surface area (Å²) in [6.07, 6.45) is 1.62. The van der Waals surface area contributed by atoms with Crippen LogP contribution in [0.3, 0.4) is 0 Å². The topological polar surface area (TPSA) is 58.6 Å². The van der Waals surface area contributed by atoms with Gasteiger partial charge in [0.25, 0.3) is 0 Å². The molecule has 1 fully saturated rings. The third-order valence-corrected chi connectivity index (χ3v) is 3.76. The number of halogens is 1. The van der Waals surface area contributed by atoms with Crippen LogP contribution in [-0.4, -0.2) is 41.6 Å². The van der Waals surface area contributed by atoms with Gasteiger partial charge in [0.15, 0.2) is 0 Å². The lowest BCUT2D eigenvalue weighted by molar-refractivity contribution is -0.132. The van der Waals surface area contributed by atoms with E-state index in [1.165, 1.54) is 12.1 Å². The molecule has 0 spiro atoms. The molecule has 1 N–H and O–H groups in total. The van der Waals surface area contributed by atoms with Crippen molar-refractivity contribution >= 4 is 12.0 Å². The van der Waals surface area contributed by atoms with Crippen LogP contribution in [-0.2, 0) is 16.0 Å². The van der Waals surface area contributed by atoms with Gasteiger partial charge in [0, 0.05) is 19.5 Å². The van der Waals surface area contributed by atoms with Crippen molar-refractivity contribution in [2.45, 2.75) is 51.7 Å². The van der Waals surface area contributed by atoms with E-state index in [0.29, 0.717) is 19.5 Å². The monoisotopic (exact) mass is 336 g/mol. The molecule has 1 aromatic rings. The zero-order chi connectivity index (χ0) is 17.7. The molecule has 0 bridgehead atoms. The Bertz CT molecular complexity index is 575. The molecule has 1 heterocycles. The Morgan fingerprint density at radius 2 is 1.79 bits per heavy atom. The third-order valence-electron chi connectivity index (χ3n) is 3.76. The number of carbonyl (C=O) groups is 2. The van der Waals surface area contributed by atoms with Crippen molar-refractivity contribution in [3.63, 3.8) is 0 Å². The van der Waals surface area contributed by atoms with E-state index < -0.39 is 17.7 Å². The van der Waals surface area contributed by atoms with E-state index in [1.807, 2.05) is 0 Å². The fourth-order valence-electron chi connectivity index (χ4n) is 2.66. The van der Waals surface area contributed by atoms with E-state index >= 15 is 0 Å². The molecule has 2 rings (SSSR count). The van der Waals surface area contributed by atoms with Gasteiger partial charge in [-0.05, 0) is 51.3 Å². The standard InChI is InChI=1S/C18H25FN2O3/c1-18(2,3)24-17(23)20-15(16(22)21-10-4-5-11-21)12-13-6-8-14(19)9-7-13/h6-9,15H,4-5,10-12H2,1-3H3,(H,20,23)/t15-/m1/s1. The van der Waals surface area contributed by atoms with E-state index in [9.17, 15) is 14.0 Å². The molecule has 6 heteroatoms. The van der Waals surface area contributed by atoms with Crippen molar-refractivity contribution in [2.24, 2.45) is 0 Å². The van der Waals surface area contributed by atoms with Crippen LogP contribution in [0.2, 0.25) is 0 Å². The second-order valence-corrected chi connectivity index (χ2v) is 7.06. The Balaban J connectivity index is 2.09. The predicted octanol–water partition coefficient (Wildman–Crippen LogP) is 2.88. The van der Waals surface area contributed by atoms with E-state index in [1.54, 1.807) is 37.8 Å². The van der Waals surface area contributed by atoms with E-state index in [2.05, 4.69) is 5.32 Å². The van der Waals surface area contributed by atoms with E-state index in [4.69, 9.17) is 4.74 Å². The number of likely N-dealkylation sites (tertiary alicyclic amines) is 1. The summed E-state index contributed by atoms with van der Waals surface area (Å²) in [6.45, 7) is 6.71. The van der Waals surface area contributed by atoms with Gasteiger partial charge in [-0.15, -0.1) is 0 Å². The molecular formula is C18H25FN2O3. The number of hydrogen-bond acceptors (Lipinski definition) is 3. The lowest BCUT2D eigenvalue weighted by Gasteiger charge is -2.26. The number of hydrogen-bond donors (Lipinski definition) is 1. The lowest BCUT2D eigenvalue weighted by Crippen LogP contribution is -2.50. The fraction of sp³-hybridized carbons (Fsp3) is 0.556. The van der Waals surface area contributed by atoms with Crippen LogP contribution in [0.15, 0.2) is 24.3 Å². The molecule has 0 unspecified atom stereocenters. The second kappa shape index (κ2) is 7.64. The minimum absolute atomic E-state index is 0.123. The Morgan fingerprint density at radius 3 is 2.33 bits per heavy atom. The molecule has 132 valence electrons. The van der Waals surface area contributed by atoms with Crippen molar-refractivity contribution in [3.8, 4) is 0 Å². The molecule has 0 aromatic heterocycles. The van der Waals surface area contributed by atoms with Crippen molar-refractivity contribution in [1.29, 1.82) is 0 Å². The fourth-order valence-corrected chi connectivity index (χ4v) is 2.66. The average molecular weight is 336 g/mol.